The van der Waals surface area contributed by atoms with Crippen molar-refractivity contribution in [3.8, 4) is 11.5 Å². The Morgan fingerprint density at radius 3 is 2.90 bits per heavy atom. The number of nitrogens with one attached hydrogen (secondary N) is 1. The molecule has 1 N–H and O–H groups in total. The summed E-state index contributed by atoms with van der Waals surface area (Å²) in [5.74, 6) is 1.42. The fraction of sp³-hybridized carbons (Fsp3) is 0.625. The SMILES string of the molecule is CCCOc1cc(Cl)c(CNCC2CCCO2)cc1OC. The second-order valence-corrected chi connectivity index (χ2v) is 5.62. The number of halogens is 1. The van der Waals surface area contributed by atoms with Crippen LogP contribution in [0.15, 0.2) is 12.1 Å². The summed E-state index contributed by atoms with van der Waals surface area (Å²) >= 11 is 6.33. The Labute approximate surface area is 131 Å². The highest BCUT2D eigenvalue weighted by Crippen LogP contribution is 2.33. The Balaban J connectivity index is 1.94. The van der Waals surface area contributed by atoms with Crippen LogP contribution >= 0.6 is 11.6 Å². The zero-order valence-corrected chi connectivity index (χ0v) is 13.5. The molecule has 0 radical (unpaired) electrons. The molecule has 1 heterocycles. The smallest absolute Gasteiger partial charge is 0.162 e. The molecule has 0 bridgehead atoms. The maximum absolute atomic E-state index is 6.33. The van der Waals surface area contributed by atoms with Crippen molar-refractivity contribution >= 4 is 11.6 Å². The molecular formula is C16H24ClNO3. The van der Waals surface area contributed by atoms with Gasteiger partial charge in [0.2, 0.25) is 0 Å². The van der Waals surface area contributed by atoms with Gasteiger partial charge >= 0.3 is 0 Å². The van der Waals surface area contributed by atoms with Crippen LogP contribution in [-0.2, 0) is 11.3 Å². The molecule has 0 spiro atoms. The van der Waals surface area contributed by atoms with Crippen molar-refractivity contribution in [1.82, 2.24) is 5.32 Å². The Kier molecular flexibility index (Phi) is 6.61. The van der Waals surface area contributed by atoms with E-state index in [2.05, 4.69) is 12.2 Å². The summed E-state index contributed by atoms with van der Waals surface area (Å²) in [5, 5.41) is 4.09. The summed E-state index contributed by atoms with van der Waals surface area (Å²) in [7, 11) is 1.64. The molecule has 1 aliphatic rings. The minimum atomic E-state index is 0.331. The topological polar surface area (TPSA) is 39.7 Å². The molecule has 4 nitrogen and oxygen atoms in total. The van der Waals surface area contributed by atoms with Gasteiger partial charge in [-0.1, -0.05) is 18.5 Å². The molecule has 1 unspecified atom stereocenters. The van der Waals surface area contributed by atoms with Crippen molar-refractivity contribution in [1.29, 1.82) is 0 Å². The van der Waals surface area contributed by atoms with Crippen LogP contribution in [0.4, 0.5) is 0 Å². The predicted octanol–water partition coefficient (Wildman–Crippen LogP) is 3.41. The van der Waals surface area contributed by atoms with Gasteiger partial charge in [-0.2, -0.15) is 0 Å². The number of benzene rings is 1. The third-order valence-corrected chi connectivity index (χ3v) is 3.86. The lowest BCUT2D eigenvalue weighted by molar-refractivity contribution is 0.110. The van der Waals surface area contributed by atoms with E-state index in [4.69, 9.17) is 25.8 Å². The van der Waals surface area contributed by atoms with Crippen molar-refractivity contribution in [2.24, 2.45) is 0 Å². The molecule has 0 amide bonds. The van der Waals surface area contributed by atoms with E-state index in [9.17, 15) is 0 Å². The molecule has 0 saturated carbocycles. The quantitative estimate of drug-likeness (QED) is 0.798. The molecule has 1 aromatic rings. The van der Waals surface area contributed by atoms with E-state index < -0.39 is 0 Å². The molecule has 118 valence electrons. The number of hydrogen-bond acceptors (Lipinski definition) is 4. The number of rotatable bonds is 8. The van der Waals surface area contributed by atoms with Crippen molar-refractivity contribution in [3.05, 3.63) is 22.7 Å². The van der Waals surface area contributed by atoms with E-state index in [-0.39, 0.29) is 0 Å². The fourth-order valence-corrected chi connectivity index (χ4v) is 2.59. The summed E-state index contributed by atoms with van der Waals surface area (Å²) in [4.78, 5) is 0. The zero-order chi connectivity index (χ0) is 15.1. The third kappa shape index (κ3) is 4.77. The summed E-state index contributed by atoms with van der Waals surface area (Å²) < 4.78 is 16.6. The molecule has 1 aromatic carbocycles. The monoisotopic (exact) mass is 313 g/mol. The summed E-state index contributed by atoms with van der Waals surface area (Å²) in [6.07, 6.45) is 3.57. The van der Waals surface area contributed by atoms with E-state index in [0.717, 1.165) is 43.7 Å². The Morgan fingerprint density at radius 1 is 1.38 bits per heavy atom. The van der Waals surface area contributed by atoms with Crippen molar-refractivity contribution < 1.29 is 14.2 Å². The van der Waals surface area contributed by atoms with Crippen LogP contribution in [0.3, 0.4) is 0 Å². The second kappa shape index (κ2) is 8.47. The zero-order valence-electron chi connectivity index (χ0n) is 12.8. The maximum atomic E-state index is 6.33. The van der Waals surface area contributed by atoms with E-state index in [1.165, 1.54) is 0 Å². The molecule has 1 atom stereocenters. The van der Waals surface area contributed by atoms with E-state index in [1.807, 2.05) is 12.1 Å². The maximum Gasteiger partial charge on any atom is 0.162 e. The number of ether oxygens (including phenoxy) is 3. The van der Waals surface area contributed by atoms with Crippen LogP contribution in [0.1, 0.15) is 31.7 Å². The highest BCUT2D eigenvalue weighted by molar-refractivity contribution is 6.31. The van der Waals surface area contributed by atoms with Gasteiger partial charge in [0, 0.05) is 30.8 Å². The third-order valence-electron chi connectivity index (χ3n) is 3.51. The standard InChI is InChI=1S/C16H24ClNO3/c1-3-6-21-16-9-14(17)12(8-15(16)19-2)10-18-11-13-5-4-7-20-13/h8-9,13,18H,3-7,10-11H2,1-2H3. The van der Waals surface area contributed by atoms with Crippen LogP contribution in [0.2, 0.25) is 5.02 Å². The fourth-order valence-electron chi connectivity index (χ4n) is 2.37. The first-order chi connectivity index (χ1) is 10.2. The highest BCUT2D eigenvalue weighted by Gasteiger charge is 2.15. The van der Waals surface area contributed by atoms with Crippen LogP contribution < -0.4 is 14.8 Å². The lowest BCUT2D eigenvalue weighted by Gasteiger charge is -2.15. The molecule has 1 aliphatic heterocycles. The van der Waals surface area contributed by atoms with E-state index >= 15 is 0 Å². The first kappa shape index (κ1) is 16.4. The normalized spacial score (nSPS) is 18.0. The lowest BCUT2D eigenvalue weighted by atomic mass is 10.2. The predicted molar refractivity (Wildman–Crippen MR) is 84.5 cm³/mol. The molecule has 1 fully saturated rings. The first-order valence-corrected chi connectivity index (χ1v) is 7.94. The molecule has 2 rings (SSSR count). The molecule has 1 saturated heterocycles. The number of methoxy groups -OCH3 is 1. The molecule has 0 aromatic heterocycles. The van der Waals surface area contributed by atoms with Gasteiger partial charge in [0.1, 0.15) is 0 Å². The lowest BCUT2D eigenvalue weighted by Crippen LogP contribution is -2.25. The molecule has 0 aliphatic carbocycles. The minimum absolute atomic E-state index is 0.331. The van der Waals surface area contributed by atoms with Gasteiger partial charge in [-0.05, 0) is 30.9 Å². The summed E-state index contributed by atoms with van der Waals surface area (Å²) in [5.41, 5.74) is 1.01. The van der Waals surface area contributed by atoms with Crippen LogP contribution in [0.5, 0.6) is 11.5 Å². The molecule has 21 heavy (non-hydrogen) atoms. The largest absolute Gasteiger partial charge is 0.493 e. The molecule has 5 heteroatoms. The van der Waals surface area contributed by atoms with Crippen molar-refractivity contribution in [3.63, 3.8) is 0 Å². The van der Waals surface area contributed by atoms with Gasteiger partial charge in [0.15, 0.2) is 11.5 Å². The average Bonchev–Trinajstić information content (AvgIpc) is 3.00. The van der Waals surface area contributed by atoms with Crippen LogP contribution in [-0.4, -0.2) is 33.0 Å². The van der Waals surface area contributed by atoms with Gasteiger partial charge in [0.05, 0.1) is 19.8 Å². The van der Waals surface area contributed by atoms with Gasteiger partial charge in [0.25, 0.3) is 0 Å². The minimum Gasteiger partial charge on any atom is -0.493 e. The average molecular weight is 314 g/mol. The summed E-state index contributed by atoms with van der Waals surface area (Å²) in [6, 6.07) is 3.77. The van der Waals surface area contributed by atoms with Crippen LogP contribution in [0, 0.1) is 0 Å². The van der Waals surface area contributed by atoms with E-state index in [1.54, 1.807) is 7.11 Å². The van der Waals surface area contributed by atoms with Crippen molar-refractivity contribution in [2.45, 2.75) is 38.8 Å². The van der Waals surface area contributed by atoms with Crippen LogP contribution in [0.25, 0.3) is 0 Å². The Morgan fingerprint density at radius 2 is 2.24 bits per heavy atom. The summed E-state index contributed by atoms with van der Waals surface area (Å²) in [6.45, 7) is 5.15. The Bertz CT molecular complexity index is 447. The first-order valence-electron chi connectivity index (χ1n) is 7.56. The van der Waals surface area contributed by atoms with Gasteiger partial charge in [-0.15, -0.1) is 0 Å². The van der Waals surface area contributed by atoms with E-state index in [0.29, 0.717) is 30.0 Å². The highest BCUT2D eigenvalue weighted by atomic mass is 35.5. The molecular weight excluding hydrogens is 290 g/mol. The number of hydrogen-bond donors (Lipinski definition) is 1. The Hall–Kier alpha value is -0.970. The van der Waals surface area contributed by atoms with Gasteiger partial charge < -0.3 is 19.5 Å². The second-order valence-electron chi connectivity index (χ2n) is 5.21. The van der Waals surface area contributed by atoms with Gasteiger partial charge in [-0.25, -0.2) is 0 Å². The van der Waals surface area contributed by atoms with Gasteiger partial charge in [-0.3, -0.25) is 0 Å². The van der Waals surface area contributed by atoms with Crippen molar-refractivity contribution in [2.75, 3.05) is 26.9 Å².